The number of sulfonamides is 1. The molecule has 0 saturated carbocycles. The summed E-state index contributed by atoms with van der Waals surface area (Å²) in [4.78, 5) is 12.7. The van der Waals surface area contributed by atoms with E-state index >= 15 is 0 Å². The average molecular weight is 406 g/mol. The molecule has 1 aliphatic carbocycles. The molecule has 7 heteroatoms. The van der Waals surface area contributed by atoms with Gasteiger partial charge < -0.3 is 4.74 Å². The minimum Gasteiger partial charge on any atom is -0.469 e. The van der Waals surface area contributed by atoms with Crippen molar-refractivity contribution in [3.63, 3.8) is 0 Å². The van der Waals surface area contributed by atoms with Gasteiger partial charge in [-0.2, -0.15) is 0 Å². The Hall–Kier alpha value is -1.86. The zero-order valence-electron chi connectivity index (χ0n) is 16.6. The van der Waals surface area contributed by atoms with Crippen molar-refractivity contribution in [1.82, 2.24) is 4.31 Å². The third-order valence-corrected chi connectivity index (χ3v) is 9.36. The highest BCUT2D eigenvalue weighted by molar-refractivity contribution is 7.89. The van der Waals surface area contributed by atoms with Crippen LogP contribution in [0.1, 0.15) is 18.4 Å². The van der Waals surface area contributed by atoms with Crippen molar-refractivity contribution in [1.29, 1.82) is 0 Å². The molecule has 0 N–H and O–H groups in total. The average Bonchev–Trinajstić information content (AvgIpc) is 3.04. The van der Waals surface area contributed by atoms with Crippen LogP contribution in [0.2, 0.25) is 19.6 Å². The number of benzene rings is 1. The first-order chi connectivity index (χ1) is 12.6. The van der Waals surface area contributed by atoms with Gasteiger partial charge in [0.05, 0.1) is 31.7 Å². The predicted octanol–water partition coefficient (Wildman–Crippen LogP) is 3.64. The topological polar surface area (TPSA) is 63.7 Å². The summed E-state index contributed by atoms with van der Waals surface area (Å²) in [5, 5.41) is 1.13. The second-order valence-corrected chi connectivity index (χ2v) is 15.1. The van der Waals surface area contributed by atoms with Crippen LogP contribution in [0.25, 0.3) is 0 Å². The Kier molecular flexibility index (Phi) is 5.11. The van der Waals surface area contributed by atoms with Crippen molar-refractivity contribution in [2.45, 2.75) is 44.3 Å². The van der Waals surface area contributed by atoms with Crippen LogP contribution in [0.3, 0.4) is 0 Å². The van der Waals surface area contributed by atoms with Crippen LogP contribution >= 0.6 is 0 Å². The normalized spacial score (nSPS) is 20.4. The first kappa shape index (κ1) is 19.9. The Morgan fingerprint density at radius 3 is 2.37 bits per heavy atom. The summed E-state index contributed by atoms with van der Waals surface area (Å²) in [6, 6.07) is 6.95. The monoisotopic (exact) mass is 405 g/mol. The van der Waals surface area contributed by atoms with Crippen molar-refractivity contribution < 1.29 is 17.9 Å². The second kappa shape index (κ2) is 6.94. The van der Waals surface area contributed by atoms with E-state index in [4.69, 9.17) is 4.74 Å². The lowest BCUT2D eigenvalue weighted by molar-refractivity contribution is -0.143. The summed E-state index contributed by atoms with van der Waals surface area (Å²) in [6.45, 7) is 8.95. The van der Waals surface area contributed by atoms with Crippen LogP contribution in [-0.2, 0) is 19.6 Å². The van der Waals surface area contributed by atoms with E-state index in [1.807, 2.05) is 25.1 Å². The summed E-state index contributed by atoms with van der Waals surface area (Å²) in [5.41, 5.74) is 2.81. The first-order valence-electron chi connectivity index (χ1n) is 9.18. The van der Waals surface area contributed by atoms with Gasteiger partial charge >= 0.3 is 5.97 Å². The summed E-state index contributed by atoms with van der Waals surface area (Å²) >= 11 is 0. The molecule has 0 spiro atoms. The number of allylic oxidation sites excluding steroid dienone is 2. The maximum absolute atomic E-state index is 13.2. The minimum atomic E-state index is -3.61. The standard InChI is InChI=1S/C20H27NO4SSi/c1-14-6-8-15(9-7-14)26(23,24)21-13-12-16-18(21)11-10-17(20(22)25-2)19(16)27(3,4)5/h6-9,11,17H,10,12-13H2,1-5H3. The van der Waals surface area contributed by atoms with Crippen LogP contribution in [0.15, 0.2) is 51.7 Å². The van der Waals surface area contributed by atoms with Gasteiger partial charge in [-0.3, -0.25) is 9.10 Å². The fourth-order valence-electron chi connectivity index (χ4n) is 4.09. The zero-order valence-corrected chi connectivity index (χ0v) is 18.4. The number of hydrogen-bond acceptors (Lipinski definition) is 4. The fraction of sp³-hybridized carbons (Fsp3) is 0.450. The molecule has 0 bridgehead atoms. The number of esters is 1. The molecule has 1 fully saturated rings. The van der Waals surface area contributed by atoms with Crippen LogP contribution < -0.4 is 0 Å². The maximum atomic E-state index is 13.2. The van der Waals surface area contributed by atoms with Gasteiger partial charge in [-0.05, 0) is 37.5 Å². The Bertz CT molecular complexity index is 924. The van der Waals surface area contributed by atoms with E-state index in [-0.39, 0.29) is 11.9 Å². The molecule has 1 aromatic carbocycles. The van der Waals surface area contributed by atoms with Gasteiger partial charge in [0.25, 0.3) is 10.0 Å². The number of carbonyl (C=O) groups excluding carboxylic acids is 1. The maximum Gasteiger partial charge on any atom is 0.312 e. The van der Waals surface area contributed by atoms with E-state index in [0.717, 1.165) is 22.0 Å². The molecule has 1 unspecified atom stereocenters. The molecule has 146 valence electrons. The number of fused-ring (bicyclic) bond motifs is 1. The lowest BCUT2D eigenvalue weighted by atomic mass is 9.93. The van der Waals surface area contributed by atoms with Gasteiger partial charge in [0.15, 0.2) is 0 Å². The number of carbonyl (C=O) groups is 1. The smallest absolute Gasteiger partial charge is 0.312 e. The Labute approximate surface area is 162 Å². The molecule has 0 aromatic heterocycles. The van der Waals surface area contributed by atoms with E-state index in [1.165, 1.54) is 11.4 Å². The fourth-order valence-corrected chi connectivity index (χ4v) is 8.04. The molecule has 1 heterocycles. The molecule has 3 rings (SSSR count). The number of aryl methyl sites for hydroxylation is 1. The molecule has 1 aliphatic heterocycles. The molecule has 5 nitrogen and oxygen atoms in total. The third-order valence-electron chi connectivity index (χ3n) is 5.27. The van der Waals surface area contributed by atoms with E-state index in [2.05, 4.69) is 19.6 Å². The molecule has 1 atom stereocenters. The number of rotatable bonds is 4. The molecule has 2 aliphatic rings. The Morgan fingerprint density at radius 2 is 1.81 bits per heavy atom. The molecular weight excluding hydrogens is 378 g/mol. The molecule has 0 amide bonds. The van der Waals surface area contributed by atoms with Crippen molar-refractivity contribution in [3.05, 3.63) is 52.4 Å². The molecule has 1 aromatic rings. The SMILES string of the molecule is COC(=O)C1CC=C2C(=C1[Si](C)(C)C)CCN2S(=O)(=O)c1ccc(C)cc1. The van der Waals surface area contributed by atoms with E-state index in [0.29, 0.717) is 24.3 Å². The highest BCUT2D eigenvalue weighted by Crippen LogP contribution is 2.44. The summed E-state index contributed by atoms with van der Waals surface area (Å²) in [5.74, 6) is -0.516. The van der Waals surface area contributed by atoms with Gasteiger partial charge in [-0.25, -0.2) is 8.42 Å². The molecule has 1 saturated heterocycles. The van der Waals surface area contributed by atoms with Gasteiger partial charge in [-0.1, -0.05) is 48.6 Å². The molecule has 27 heavy (non-hydrogen) atoms. The van der Waals surface area contributed by atoms with Crippen molar-refractivity contribution >= 4 is 24.1 Å². The van der Waals surface area contributed by atoms with Gasteiger partial charge in [0.2, 0.25) is 0 Å². The van der Waals surface area contributed by atoms with Crippen LogP contribution in [0, 0.1) is 12.8 Å². The quantitative estimate of drug-likeness (QED) is 0.567. The van der Waals surface area contributed by atoms with E-state index in [9.17, 15) is 13.2 Å². The van der Waals surface area contributed by atoms with Crippen LogP contribution in [-0.4, -0.2) is 40.4 Å². The Morgan fingerprint density at radius 1 is 1.19 bits per heavy atom. The van der Waals surface area contributed by atoms with E-state index in [1.54, 1.807) is 12.1 Å². The predicted molar refractivity (Wildman–Crippen MR) is 108 cm³/mol. The summed E-state index contributed by atoms with van der Waals surface area (Å²) in [6.07, 6.45) is 3.04. The van der Waals surface area contributed by atoms with Crippen molar-refractivity contribution in [3.8, 4) is 0 Å². The summed E-state index contributed by atoms with van der Waals surface area (Å²) < 4.78 is 33.0. The van der Waals surface area contributed by atoms with Crippen LogP contribution in [0.5, 0.6) is 0 Å². The second-order valence-electron chi connectivity index (χ2n) is 8.18. The van der Waals surface area contributed by atoms with Crippen LogP contribution in [0.4, 0.5) is 0 Å². The van der Waals surface area contributed by atoms with Gasteiger partial charge in [-0.15, -0.1) is 0 Å². The molecule has 0 radical (unpaired) electrons. The van der Waals surface area contributed by atoms with Gasteiger partial charge in [0.1, 0.15) is 0 Å². The third kappa shape index (κ3) is 3.50. The minimum absolute atomic E-state index is 0.227. The van der Waals surface area contributed by atoms with Crippen molar-refractivity contribution in [2.24, 2.45) is 5.92 Å². The number of ether oxygens (including phenoxy) is 1. The number of methoxy groups -OCH3 is 1. The summed E-state index contributed by atoms with van der Waals surface area (Å²) in [7, 11) is -4.04. The Balaban J connectivity index is 2.06. The molecular formula is C20H27NO4SSi. The van der Waals surface area contributed by atoms with Gasteiger partial charge in [0, 0.05) is 6.54 Å². The first-order valence-corrected chi connectivity index (χ1v) is 14.1. The number of nitrogens with zero attached hydrogens (tertiary/aromatic N) is 1. The zero-order chi connectivity index (χ0) is 20.0. The lowest BCUT2D eigenvalue weighted by Crippen LogP contribution is -2.37. The number of hydrogen-bond donors (Lipinski definition) is 0. The lowest BCUT2D eigenvalue weighted by Gasteiger charge is -2.33. The highest BCUT2D eigenvalue weighted by Gasteiger charge is 2.43. The van der Waals surface area contributed by atoms with E-state index < -0.39 is 18.1 Å². The van der Waals surface area contributed by atoms with Crippen molar-refractivity contribution in [2.75, 3.05) is 13.7 Å². The largest absolute Gasteiger partial charge is 0.469 e. The highest BCUT2D eigenvalue weighted by atomic mass is 32.2.